The molecule has 0 spiro atoms. The van der Waals surface area contributed by atoms with E-state index < -0.39 is 5.91 Å². The zero-order valence-corrected chi connectivity index (χ0v) is 17.6. The van der Waals surface area contributed by atoms with Crippen LogP contribution >= 0.6 is 24.0 Å². The Morgan fingerprint density at radius 3 is 2.62 bits per heavy atom. The summed E-state index contributed by atoms with van der Waals surface area (Å²) in [5, 5.41) is 3.29. The molecule has 0 radical (unpaired) electrons. The Morgan fingerprint density at radius 2 is 2.04 bits per heavy atom. The van der Waals surface area contributed by atoms with E-state index in [9.17, 15) is 9.59 Å². The molecule has 1 aromatic rings. The second-order valence-corrected chi connectivity index (χ2v) is 6.02. The van der Waals surface area contributed by atoms with Crippen LogP contribution in [0.5, 0.6) is 0 Å². The molecule has 7 nitrogen and oxygen atoms in total. The number of ether oxygens (including phenoxy) is 1. The van der Waals surface area contributed by atoms with Crippen LogP contribution in [-0.4, -0.2) is 49.5 Å². The maximum Gasteiger partial charge on any atom is 0.308 e. The molecular weight excluding hydrogens is 447 g/mol. The normalized spacial score (nSPS) is 15.2. The van der Waals surface area contributed by atoms with Crippen LogP contribution in [0, 0.1) is 5.92 Å². The Kier molecular flexibility index (Phi) is 9.39. The van der Waals surface area contributed by atoms with Crippen LogP contribution in [0.3, 0.4) is 0 Å². The fourth-order valence-corrected chi connectivity index (χ4v) is 2.91. The van der Waals surface area contributed by atoms with Gasteiger partial charge in [0.2, 0.25) is 5.91 Å². The van der Waals surface area contributed by atoms with Crippen LogP contribution in [-0.2, 0) is 16.1 Å². The Morgan fingerprint density at radius 1 is 1.35 bits per heavy atom. The molecule has 1 heterocycles. The van der Waals surface area contributed by atoms with Gasteiger partial charge >= 0.3 is 5.97 Å². The van der Waals surface area contributed by atoms with Gasteiger partial charge in [0.1, 0.15) is 0 Å². The highest BCUT2D eigenvalue weighted by atomic mass is 127. The molecule has 1 fully saturated rings. The van der Waals surface area contributed by atoms with Crippen molar-refractivity contribution in [3.63, 3.8) is 0 Å². The topological polar surface area (TPSA) is 97.0 Å². The first-order valence-electron chi connectivity index (χ1n) is 8.55. The second kappa shape index (κ2) is 11.0. The number of piperidine rings is 1. The highest BCUT2D eigenvalue weighted by molar-refractivity contribution is 14.0. The average molecular weight is 474 g/mol. The van der Waals surface area contributed by atoms with E-state index in [1.807, 2.05) is 13.0 Å². The van der Waals surface area contributed by atoms with Crippen LogP contribution in [0.1, 0.15) is 35.7 Å². The van der Waals surface area contributed by atoms with Crippen LogP contribution in [0.4, 0.5) is 0 Å². The summed E-state index contributed by atoms with van der Waals surface area (Å²) >= 11 is 0. The summed E-state index contributed by atoms with van der Waals surface area (Å²) in [5.41, 5.74) is 6.73. The van der Waals surface area contributed by atoms with Gasteiger partial charge in [-0.3, -0.25) is 9.59 Å². The number of carbonyl (C=O) groups is 2. The van der Waals surface area contributed by atoms with Gasteiger partial charge in [0.05, 0.1) is 19.6 Å². The van der Waals surface area contributed by atoms with E-state index in [-0.39, 0.29) is 35.9 Å². The van der Waals surface area contributed by atoms with E-state index in [1.54, 1.807) is 18.2 Å². The Labute approximate surface area is 171 Å². The molecule has 1 amide bonds. The molecule has 0 bridgehead atoms. The third kappa shape index (κ3) is 6.15. The SMILES string of the molecule is CCNC(=NCc1cccc(C(N)=O)c1)N1CCC(C(=O)OC)CC1.I. The van der Waals surface area contributed by atoms with Crippen molar-refractivity contribution in [2.24, 2.45) is 16.6 Å². The third-order valence-corrected chi connectivity index (χ3v) is 4.29. The van der Waals surface area contributed by atoms with Crippen LogP contribution in [0.25, 0.3) is 0 Å². The van der Waals surface area contributed by atoms with Gasteiger partial charge in [0.15, 0.2) is 5.96 Å². The summed E-state index contributed by atoms with van der Waals surface area (Å²) in [7, 11) is 1.43. The number of methoxy groups -OCH3 is 1. The smallest absolute Gasteiger partial charge is 0.308 e. The molecule has 26 heavy (non-hydrogen) atoms. The van der Waals surface area contributed by atoms with E-state index in [4.69, 9.17) is 10.5 Å². The fraction of sp³-hybridized carbons (Fsp3) is 0.500. The van der Waals surface area contributed by atoms with Gasteiger partial charge in [-0.15, -0.1) is 24.0 Å². The van der Waals surface area contributed by atoms with E-state index in [0.29, 0.717) is 12.1 Å². The quantitative estimate of drug-likeness (QED) is 0.294. The molecule has 3 N–H and O–H groups in total. The number of hydrogen-bond donors (Lipinski definition) is 2. The van der Waals surface area contributed by atoms with Crippen molar-refractivity contribution < 1.29 is 14.3 Å². The molecule has 1 aliphatic rings. The highest BCUT2D eigenvalue weighted by Crippen LogP contribution is 2.18. The number of nitrogens with one attached hydrogen (secondary N) is 1. The molecule has 8 heteroatoms. The van der Waals surface area contributed by atoms with Crippen molar-refractivity contribution >= 4 is 41.8 Å². The summed E-state index contributed by atoms with van der Waals surface area (Å²) in [6, 6.07) is 7.18. The molecule has 144 valence electrons. The number of esters is 1. The van der Waals surface area contributed by atoms with Gasteiger partial charge in [-0.1, -0.05) is 12.1 Å². The summed E-state index contributed by atoms with van der Waals surface area (Å²) in [6.45, 7) is 4.75. The average Bonchev–Trinajstić information content (AvgIpc) is 2.65. The minimum atomic E-state index is -0.442. The molecule has 0 unspecified atom stereocenters. The van der Waals surface area contributed by atoms with Gasteiger partial charge in [-0.05, 0) is 37.5 Å². The second-order valence-electron chi connectivity index (χ2n) is 6.02. The van der Waals surface area contributed by atoms with Crippen molar-refractivity contribution in [1.82, 2.24) is 10.2 Å². The number of nitrogens with zero attached hydrogens (tertiary/aromatic N) is 2. The van der Waals surface area contributed by atoms with Crippen LogP contribution in [0.15, 0.2) is 29.3 Å². The van der Waals surface area contributed by atoms with Crippen LogP contribution < -0.4 is 11.1 Å². The predicted molar refractivity (Wildman–Crippen MR) is 112 cm³/mol. The molecule has 2 rings (SSSR count). The van der Waals surface area contributed by atoms with Crippen molar-refractivity contribution in [2.45, 2.75) is 26.3 Å². The number of carbonyl (C=O) groups excluding carboxylic acids is 2. The number of halogens is 1. The highest BCUT2D eigenvalue weighted by Gasteiger charge is 2.26. The van der Waals surface area contributed by atoms with Crippen molar-refractivity contribution in [2.75, 3.05) is 26.7 Å². The monoisotopic (exact) mass is 474 g/mol. The number of amides is 1. The van der Waals surface area contributed by atoms with Gasteiger partial charge in [-0.25, -0.2) is 4.99 Å². The lowest BCUT2D eigenvalue weighted by molar-refractivity contribution is -0.146. The van der Waals surface area contributed by atoms with Gasteiger partial charge in [-0.2, -0.15) is 0 Å². The zero-order valence-electron chi connectivity index (χ0n) is 15.2. The molecule has 1 aliphatic heterocycles. The Hall–Kier alpha value is -1.84. The molecule has 0 aliphatic carbocycles. The predicted octanol–water partition coefficient (Wildman–Crippen LogP) is 1.75. The van der Waals surface area contributed by atoms with Gasteiger partial charge in [0, 0.05) is 25.2 Å². The van der Waals surface area contributed by atoms with E-state index in [0.717, 1.165) is 44.0 Å². The molecular formula is C18H27IN4O3. The van der Waals surface area contributed by atoms with Crippen molar-refractivity contribution in [1.29, 1.82) is 0 Å². The molecule has 0 aromatic heterocycles. The number of benzene rings is 1. The first-order chi connectivity index (χ1) is 12.0. The lowest BCUT2D eigenvalue weighted by atomic mass is 9.97. The number of primary amides is 1. The summed E-state index contributed by atoms with van der Waals surface area (Å²) in [4.78, 5) is 29.7. The first kappa shape index (κ1) is 22.2. The summed E-state index contributed by atoms with van der Waals surface area (Å²) < 4.78 is 4.83. The molecule has 1 saturated heterocycles. The summed E-state index contributed by atoms with van der Waals surface area (Å²) in [5.74, 6) is 0.208. The van der Waals surface area contributed by atoms with E-state index in [1.165, 1.54) is 7.11 Å². The largest absolute Gasteiger partial charge is 0.469 e. The van der Waals surface area contributed by atoms with Gasteiger partial charge in [0.25, 0.3) is 0 Å². The number of likely N-dealkylation sites (tertiary alicyclic amines) is 1. The number of rotatable bonds is 5. The Bertz CT molecular complexity index is 643. The standard InChI is InChI=1S/C18H26N4O3.HI/c1-3-20-18(22-9-7-14(8-10-22)17(24)25-2)21-12-13-5-4-6-15(11-13)16(19)23;/h4-6,11,14H,3,7-10,12H2,1-2H3,(H2,19,23)(H,20,21);1H. The van der Waals surface area contributed by atoms with Crippen LogP contribution in [0.2, 0.25) is 0 Å². The number of aliphatic imine (C=N–C) groups is 1. The molecule has 0 saturated carbocycles. The third-order valence-electron chi connectivity index (χ3n) is 4.29. The summed E-state index contributed by atoms with van der Waals surface area (Å²) in [6.07, 6.45) is 1.52. The van der Waals surface area contributed by atoms with Gasteiger partial charge < -0.3 is 20.7 Å². The zero-order chi connectivity index (χ0) is 18.2. The van der Waals surface area contributed by atoms with Crippen molar-refractivity contribution in [3.05, 3.63) is 35.4 Å². The minimum absolute atomic E-state index is 0. The first-order valence-corrected chi connectivity index (χ1v) is 8.55. The van der Waals surface area contributed by atoms with Crippen molar-refractivity contribution in [3.8, 4) is 0 Å². The number of guanidine groups is 1. The van der Waals surface area contributed by atoms with E-state index >= 15 is 0 Å². The minimum Gasteiger partial charge on any atom is -0.469 e. The molecule has 1 aromatic carbocycles. The maximum atomic E-state index is 11.6. The van der Waals surface area contributed by atoms with E-state index in [2.05, 4.69) is 15.2 Å². The fourth-order valence-electron chi connectivity index (χ4n) is 2.91. The molecule has 0 atom stereocenters. The maximum absolute atomic E-state index is 11.6. The number of hydrogen-bond acceptors (Lipinski definition) is 4. The Balaban J connectivity index is 0.00000338. The lowest BCUT2D eigenvalue weighted by Gasteiger charge is -2.33. The number of nitrogens with two attached hydrogens (primary N) is 1. The lowest BCUT2D eigenvalue weighted by Crippen LogP contribution is -2.46.